The van der Waals surface area contributed by atoms with E-state index in [-0.39, 0.29) is 5.82 Å². The normalized spacial score (nSPS) is 10.9. The molecule has 0 spiro atoms. The van der Waals surface area contributed by atoms with Crippen molar-refractivity contribution in [3.8, 4) is 11.3 Å². The number of aromatic nitrogens is 2. The quantitative estimate of drug-likeness (QED) is 0.767. The molecule has 2 rings (SSSR count). The number of benzene rings is 1. The maximum atomic E-state index is 13.5. The van der Waals surface area contributed by atoms with Crippen LogP contribution in [0, 0.1) is 12.7 Å². The van der Waals surface area contributed by atoms with Crippen molar-refractivity contribution in [2.45, 2.75) is 20.4 Å². The molecule has 0 amide bonds. The van der Waals surface area contributed by atoms with Gasteiger partial charge in [0.25, 0.3) is 0 Å². The third-order valence-electron chi connectivity index (χ3n) is 2.55. The van der Waals surface area contributed by atoms with Crippen LogP contribution in [-0.4, -0.2) is 9.78 Å². The largest absolute Gasteiger partial charge is 0.264 e. The van der Waals surface area contributed by atoms with Gasteiger partial charge in [-0.15, -0.1) is 0 Å². The molecule has 1 heterocycles. The molecule has 0 N–H and O–H groups in total. The first-order valence-electron chi connectivity index (χ1n) is 5.23. The molecule has 0 fully saturated rings. The predicted octanol–water partition coefficient (Wildman–Crippen LogP) is 4.54. The zero-order valence-corrected chi connectivity index (χ0v) is 12.6. The maximum absolute atomic E-state index is 13.5. The van der Waals surface area contributed by atoms with E-state index in [0.717, 1.165) is 28.0 Å². The highest BCUT2D eigenvalue weighted by atomic mass is 79.9. The lowest BCUT2D eigenvalue weighted by Gasteiger charge is -2.06. The number of halogens is 3. The first-order valence-corrected chi connectivity index (χ1v) is 6.81. The second kappa shape index (κ2) is 4.90. The molecular weight excluding hydrogens is 351 g/mol. The zero-order chi connectivity index (χ0) is 12.6. The molecule has 0 radical (unpaired) electrons. The average Bonchev–Trinajstić information content (AvgIpc) is 2.59. The molecule has 0 aliphatic heterocycles. The van der Waals surface area contributed by atoms with Crippen LogP contribution in [0.3, 0.4) is 0 Å². The third-order valence-corrected chi connectivity index (χ3v) is 4.14. The van der Waals surface area contributed by atoms with Crippen LogP contribution in [0.1, 0.15) is 12.6 Å². The van der Waals surface area contributed by atoms with Crippen LogP contribution in [0.4, 0.5) is 4.39 Å². The van der Waals surface area contributed by atoms with E-state index in [1.807, 2.05) is 24.6 Å². The topological polar surface area (TPSA) is 17.8 Å². The SMILES string of the molecule is CCn1nc(C)c(Br)c1-c1ccc(Br)c(F)c1. The fraction of sp³-hybridized carbons (Fsp3) is 0.250. The summed E-state index contributed by atoms with van der Waals surface area (Å²) in [4.78, 5) is 0. The number of aryl methyl sites for hydroxylation is 2. The first-order chi connectivity index (χ1) is 8.04. The first kappa shape index (κ1) is 12.8. The van der Waals surface area contributed by atoms with E-state index < -0.39 is 0 Å². The van der Waals surface area contributed by atoms with E-state index in [2.05, 4.69) is 37.0 Å². The van der Waals surface area contributed by atoms with Gasteiger partial charge in [0.15, 0.2) is 0 Å². The Balaban J connectivity index is 2.63. The number of nitrogens with zero attached hydrogens (tertiary/aromatic N) is 2. The minimum Gasteiger partial charge on any atom is -0.264 e. The number of rotatable bonds is 2. The summed E-state index contributed by atoms with van der Waals surface area (Å²) >= 11 is 6.66. The van der Waals surface area contributed by atoms with Crippen LogP contribution in [-0.2, 0) is 6.54 Å². The molecule has 0 unspecified atom stereocenters. The third kappa shape index (κ3) is 2.31. The molecule has 0 aliphatic carbocycles. The summed E-state index contributed by atoms with van der Waals surface area (Å²) in [5.41, 5.74) is 2.64. The summed E-state index contributed by atoms with van der Waals surface area (Å²) in [5.74, 6) is -0.268. The Morgan fingerprint density at radius 2 is 2.06 bits per heavy atom. The highest BCUT2D eigenvalue weighted by molar-refractivity contribution is 9.10. The van der Waals surface area contributed by atoms with Gasteiger partial charge >= 0.3 is 0 Å². The Bertz CT molecular complexity index is 564. The minimum atomic E-state index is -0.268. The molecule has 0 saturated carbocycles. The summed E-state index contributed by atoms with van der Waals surface area (Å²) in [7, 11) is 0. The summed E-state index contributed by atoms with van der Waals surface area (Å²) in [5, 5.41) is 4.39. The summed E-state index contributed by atoms with van der Waals surface area (Å²) in [6, 6.07) is 5.09. The molecule has 5 heteroatoms. The Morgan fingerprint density at radius 1 is 1.35 bits per heavy atom. The Kier molecular flexibility index (Phi) is 3.68. The summed E-state index contributed by atoms with van der Waals surface area (Å²) in [6.07, 6.45) is 0. The van der Waals surface area contributed by atoms with Crippen LogP contribution in [0.2, 0.25) is 0 Å². The summed E-state index contributed by atoms with van der Waals surface area (Å²) < 4.78 is 16.8. The molecule has 0 aliphatic rings. The van der Waals surface area contributed by atoms with Gasteiger partial charge in [0.2, 0.25) is 0 Å². The molecule has 2 nitrogen and oxygen atoms in total. The van der Waals surface area contributed by atoms with Crippen LogP contribution >= 0.6 is 31.9 Å². The van der Waals surface area contributed by atoms with Crippen molar-refractivity contribution in [2.75, 3.05) is 0 Å². The molecule has 0 atom stereocenters. The van der Waals surface area contributed by atoms with Gasteiger partial charge in [0.05, 0.1) is 20.3 Å². The van der Waals surface area contributed by atoms with Gasteiger partial charge in [0.1, 0.15) is 5.82 Å². The van der Waals surface area contributed by atoms with Gasteiger partial charge < -0.3 is 0 Å². The van der Waals surface area contributed by atoms with Crippen molar-refractivity contribution in [1.82, 2.24) is 9.78 Å². The van der Waals surface area contributed by atoms with Crippen molar-refractivity contribution < 1.29 is 4.39 Å². The number of hydrogen-bond donors (Lipinski definition) is 0. The average molecular weight is 362 g/mol. The Labute approximate surface area is 116 Å². The van der Waals surface area contributed by atoms with Crippen molar-refractivity contribution in [1.29, 1.82) is 0 Å². The minimum absolute atomic E-state index is 0.268. The molecule has 17 heavy (non-hydrogen) atoms. The Morgan fingerprint density at radius 3 is 2.65 bits per heavy atom. The van der Waals surface area contributed by atoms with Gasteiger partial charge in [-0.2, -0.15) is 5.10 Å². The monoisotopic (exact) mass is 360 g/mol. The van der Waals surface area contributed by atoms with Crippen LogP contribution in [0.15, 0.2) is 27.1 Å². The smallest absolute Gasteiger partial charge is 0.138 e. The van der Waals surface area contributed by atoms with Crippen LogP contribution < -0.4 is 0 Å². The molecule has 1 aromatic heterocycles. The maximum Gasteiger partial charge on any atom is 0.138 e. The van der Waals surface area contributed by atoms with E-state index in [4.69, 9.17) is 0 Å². The van der Waals surface area contributed by atoms with Crippen molar-refractivity contribution in [2.24, 2.45) is 0 Å². The second-order valence-corrected chi connectivity index (χ2v) is 5.34. The van der Waals surface area contributed by atoms with Crippen LogP contribution in [0.25, 0.3) is 11.3 Å². The van der Waals surface area contributed by atoms with Gasteiger partial charge in [0, 0.05) is 12.1 Å². The fourth-order valence-electron chi connectivity index (χ4n) is 1.71. The Hall–Kier alpha value is -0.680. The number of hydrogen-bond acceptors (Lipinski definition) is 1. The van der Waals surface area contributed by atoms with Gasteiger partial charge in [-0.25, -0.2) is 4.39 Å². The zero-order valence-electron chi connectivity index (χ0n) is 9.47. The molecule has 0 bridgehead atoms. The molecule has 0 saturated heterocycles. The second-order valence-electron chi connectivity index (χ2n) is 3.69. The van der Waals surface area contributed by atoms with Crippen molar-refractivity contribution in [3.05, 3.63) is 38.7 Å². The summed E-state index contributed by atoms with van der Waals surface area (Å²) in [6.45, 7) is 4.69. The highest BCUT2D eigenvalue weighted by Crippen LogP contribution is 2.32. The van der Waals surface area contributed by atoms with E-state index in [1.54, 1.807) is 6.07 Å². The predicted molar refractivity (Wildman–Crippen MR) is 73.4 cm³/mol. The lowest BCUT2D eigenvalue weighted by molar-refractivity contribution is 0.620. The van der Waals surface area contributed by atoms with Gasteiger partial charge in [-0.1, -0.05) is 6.07 Å². The van der Waals surface area contributed by atoms with E-state index in [9.17, 15) is 4.39 Å². The van der Waals surface area contributed by atoms with E-state index in [0.29, 0.717) is 4.47 Å². The van der Waals surface area contributed by atoms with Crippen molar-refractivity contribution >= 4 is 31.9 Å². The fourth-order valence-corrected chi connectivity index (χ4v) is 2.47. The van der Waals surface area contributed by atoms with Crippen molar-refractivity contribution in [3.63, 3.8) is 0 Å². The molecule has 2 aromatic rings. The van der Waals surface area contributed by atoms with E-state index in [1.165, 1.54) is 6.07 Å². The molecular formula is C12H11Br2FN2. The van der Waals surface area contributed by atoms with Gasteiger partial charge in [-0.3, -0.25) is 4.68 Å². The van der Waals surface area contributed by atoms with Gasteiger partial charge in [-0.05, 0) is 57.8 Å². The molecule has 90 valence electrons. The molecule has 1 aromatic carbocycles. The lowest BCUT2D eigenvalue weighted by Crippen LogP contribution is -1.99. The highest BCUT2D eigenvalue weighted by Gasteiger charge is 2.15. The standard InChI is InChI=1S/C12H11Br2FN2/c1-3-17-12(11(14)7(2)16-17)8-4-5-9(13)10(15)6-8/h4-6H,3H2,1-2H3. The van der Waals surface area contributed by atoms with Crippen LogP contribution in [0.5, 0.6) is 0 Å². The van der Waals surface area contributed by atoms with E-state index >= 15 is 0 Å². The lowest BCUT2D eigenvalue weighted by atomic mass is 10.1.